The van der Waals surface area contributed by atoms with Crippen LogP contribution in [0, 0.1) is 41.5 Å². The maximum absolute atomic E-state index is 12.2. The van der Waals surface area contributed by atoms with Crippen molar-refractivity contribution in [2.45, 2.75) is 68.1 Å². The topological polar surface area (TPSA) is 181 Å². The zero-order valence-corrected chi connectivity index (χ0v) is 31.2. The van der Waals surface area contributed by atoms with Crippen molar-refractivity contribution in [2.24, 2.45) is 0 Å². The number of anilines is 6. The molecule has 0 unspecified atom stereocenters. The lowest BCUT2D eigenvalue weighted by atomic mass is 9.86. The van der Waals surface area contributed by atoms with Crippen molar-refractivity contribution in [1.82, 2.24) is 24.7 Å². The molecule has 0 aliphatic rings. The van der Waals surface area contributed by atoms with Crippen molar-refractivity contribution in [3.8, 4) is 0 Å². The normalized spacial score (nSPS) is 10.5. The van der Waals surface area contributed by atoms with E-state index in [9.17, 15) is 14.6 Å². The van der Waals surface area contributed by atoms with E-state index in [0.717, 1.165) is 53.4 Å². The second kappa shape index (κ2) is 19.8. The van der Waals surface area contributed by atoms with Crippen LogP contribution in [0.5, 0.6) is 0 Å². The number of amides is 4. The Balaban J connectivity index is 0.000000277. The van der Waals surface area contributed by atoms with Gasteiger partial charge in [0.1, 0.15) is 11.6 Å². The molecule has 2 aromatic carbocycles. The van der Waals surface area contributed by atoms with Gasteiger partial charge in [-0.25, -0.2) is 19.6 Å². The second-order valence-electron chi connectivity index (χ2n) is 12.5. The zero-order valence-electron chi connectivity index (χ0n) is 31.2. The average Bonchev–Trinajstić information content (AvgIpc) is 3.04. The summed E-state index contributed by atoms with van der Waals surface area (Å²) in [7, 11) is 1.33. The quantitative estimate of drug-likeness (QED) is 0.0583. The molecule has 0 aliphatic heterocycles. The molecular weight excluding hydrogens is 645 g/mol. The molecule has 4 amide bonds. The zero-order chi connectivity index (χ0) is 37.5. The summed E-state index contributed by atoms with van der Waals surface area (Å²) in [6, 6.07) is 14.4. The van der Waals surface area contributed by atoms with Crippen LogP contribution in [0.3, 0.4) is 0 Å². The van der Waals surface area contributed by atoms with Crippen LogP contribution in [0.15, 0.2) is 48.5 Å². The summed E-state index contributed by atoms with van der Waals surface area (Å²) in [5.41, 5.74) is 7.57. The Hall–Kier alpha value is -5.28. The molecule has 272 valence electrons. The summed E-state index contributed by atoms with van der Waals surface area (Å²) in [6.45, 7) is 17.7. The van der Waals surface area contributed by atoms with Crippen LogP contribution in [-0.2, 0) is 0 Å². The largest absolute Gasteiger partial charge is 0.437 e. The Morgan fingerprint density at radius 3 is 1.53 bits per heavy atom. The Morgan fingerprint density at radius 2 is 1.12 bits per heavy atom. The lowest BCUT2D eigenvalue weighted by Crippen LogP contribution is -2.36. The number of aromatic nitrogens is 4. The van der Waals surface area contributed by atoms with Crippen molar-refractivity contribution >= 4 is 54.0 Å². The fourth-order valence-electron chi connectivity index (χ4n) is 4.54. The number of benzene rings is 2. The first-order valence-corrected chi connectivity index (χ1v) is 17.1. The van der Waals surface area contributed by atoms with Crippen LogP contribution < -0.4 is 31.9 Å². The third-order valence-electron chi connectivity index (χ3n) is 7.93. The predicted octanol–water partition coefficient (Wildman–Crippen LogP) is 6.76. The van der Waals surface area contributed by atoms with Gasteiger partial charge in [0.05, 0.1) is 0 Å². The summed E-state index contributed by atoms with van der Waals surface area (Å²) in [4.78, 5) is 43.3. The molecule has 7 N–H and O–H groups in total. The van der Waals surface area contributed by atoms with Crippen molar-refractivity contribution in [2.75, 3.05) is 58.6 Å². The highest BCUT2D eigenvalue weighted by Crippen LogP contribution is 2.17. The molecule has 0 radical (unpaired) electrons. The summed E-state index contributed by atoms with van der Waals surface area (Å²) < 4.78 is 0. The highest BCUT2D eigenvalue weighted by Gasteiger charge is 2.12. The van der Waals surface area contributed by atoms with Gasteiger partial charge in [-0.1, -0.05) is 25.5 Å². The lowest BCUT2D eigenvalue weighted by molar-refractivity contribution is 0.261. The smallest absolute Gasteiger partial charge is 0.376 e. The van der Waals surface area contributed by atoms with Gasteiger partial charge < -0.3 is 31.1 Å². The average molecular weight is 698 g/mol. The van der Waals surface area contributed by atoms with E-state index in [0.29, 0.717) is 24.6 Å². The number of nitrogens with zero attached hydrogens (tertiary/aromatic N) is 5. The summed E-state index contributed by atoms with van der Waals surface area (Å²) >= 11 is 0. The molecule has 51 heavy (non-hydrogen) atoms. The van der Waals surface area contributed by atoms with Gasteiger partial charge in [-0.05, 0) is 108 Å². The van der Waals surface area contributed by atoms with E-state index in [1.807, 2.05) is 91.1 Å². The van der Waals surface area contributed by atoms with Crippen molar-refractivity contribution < 1.29 is 14.6 Å². The number of likely N-dealkylation sites (N-methyl/N-ethyl adjacent to an activating group) is 1. The molecular formula is C36H52BN11O3. The first kappa shape index (κ1) is 40.2. The highest BCUT2D eigenvalue weighted by molar-refractivity contribution is 6.45. The number of carbonyl (C=O) groups is 2. The number of nitrogens with one attached hydrogen (secondary N) is 6. The molecule has 0 atom stereocenters. The molecule has 0 saturated heterocycles. The van der Waals surface area contributed by atoms with E-state index >= 15 is 0 Å². The van der Waals surface area contributed by atoms with E-state index in [4.69, 9.17) is 0 Å². The standard InChI is InChI=1S/C18H27BN6O2.C18H25N5O/c1-12-6-7-15(10-13(12)2)22-18(26)24-17-21-14(3)11-16(23-17)20-8-9-25(5)19(4)27;1-5-6-9-19-16-11-14(4)20-17(22-16)23-18(24)21-15-8-7-12(2)13(3)10-15/h6-7,10-11,27H,8-9H2,1-5H3,(H3,20,21,22,23,24,26);7-8,10-11H,5-6,9H2,1-4H3,(H3,19,20,21,22,23,24). The molecule has 0 aliphatic carbocycles. The number of urea groups is 2. The number of carbonyl (C=O) groups excluding carboxylic acids is 2. The molecule has 0 spiro atoms. The van der Waals surface area contributed by atoms with E-state index in [1.54, 1.807) is 17.7 Å². The molecule has 0 bridgehead atoms. The van der Waals surface area contributed by atoms with Crippen molar-refractivity contribution in [3.05, 3.63) is 82.2 Å². The highest BCUT2D eigenvalue weighted by atomic mass is 16.2. The number of rotatable bonds is 13. The monoisotopic (exact) mass is 697 g/mol. The molecule has 15 heteroatoms. The third kappa shape index (κ3) is 14.2. The number of hydrogen-bond donors (Lipinski definition) is 7. The van der Waals surface area contributed by atoms with E-state index < -0.39 is 13.1 Å². The molecule has 0 saturated carbocycles. The molecule has 0 fully saturated rings. The van der Waals surface area contributed by atoms with E-state index in [1.165, 1.54) is 11.1 Å². The summed E-state index contributed by atoms with van der Waals surface area (Å²) in [6.07, 6.45) is 2.18. The predicted molar refractivity (Wildman–Crippen MR) is 209 cm³/mol. The number of unbranched alkanes of at least 4 members (excludes halogenated alkanes) is 1. The van der Waals surface area contributed by atoms with Gasteiger partial charge in [-0.3, -0.25) is 10.6 Å². The van der Waals surface area contributed by atoms with Gasteiger partial charge in [-0.15, -0.1) is 0 Å². The first-order valence-electron chi connectivity index (χ1n) is 17.1. The third-order valence-corrected chi connectivity index (χ3v) is 7.93. The molecule has 4 aromatic rings. The maximum Gasteiger partial charge on any atom is 0.376 e. The molecule has 4 rings (SSSR count). The van der Waals surface area contributed by atoms with Crippen LogP contribution in [0.2, 0.25) is 6.82 Å². The van der Waals surface area contributed by atoms with Crippen molar-refractivity contribution in [3.63, 3.8) is 0 Å². The molecule has 2 heterocycles. The van der Waals surface area contributed by atoms with Crippen LogP contribution in [-0.4, -0.2) is 75.6 Å². The Morgan fingerprint density at radius 1 is 0.667 bits per heavy atom. The Labute approximate surface area is 301 Å². The van der Waals surface area contributed by atoms with Gasteiger partial charge in [-0.2, -0.15) is 9.97 Å². The minimum absolute atomic E-state index is 0.225. The number of hydrogen-bond acceptors (Lipinski definition) is 10. The molecule has 14 nitrogen and oxygen atoms in total. The summed E-state index contributed by atoms with van der Waals surface area (Å²) in [5.74, 6) is 1.85. The Kier molecular flexibility index (Phi) is 15.6. The van der Waals surface area contributed by atoms with Gasteiger partial charge in [0.15, 0.2) is 0 Å². The van der Waals surface area contributed by atoms with Gasteiger partial charge in [0.25, 0.3) is 0 Å². The van der Waals surface area contributed by atoms with E-state index in [-0.39, 0.29) is 17.9 Å². The van der Waals surface area contributed by atoms with E-state index in [2.05, 4.69) is 58.8 Å². The first-order chi connectivity index (χ1) is 24.2. The van der Waals surface area contributed by atoms with Gasteiger partial charge >= 0.3 is 19.1 Å². The lowest BCUT2D eigenvalue weighted by Gasteiger charge is -2.17. The fraction of sp³-hybridized carbons (Fsp3) is 0.389. The minimum Gasteiger partial charge on any atom is -0.437 e. The minimum atomic E-state index is -0.509. The second-order valence-corrected chi connectivity index (χ2v) is 12.5. The number of aryl methyl sites for hydroxylation is 6. The van der Waals surface area contributed by atoms with Crippen LogP contribution >= 0.6 is 0 Å². The summed E-state index contributed by atoms with van der Waals surface area (Å²) in [5, 5.41) is 26.8. The van der Waals surface area contributed by atoms with Gasteiger partial charge in [0.2, 0.25) is 11.9 Å². The van der Waals surface area contributed by atoms with Crippen molar-refractivity contribution in [1.29, 1.82) is 0 Å². The van der Waals surface area contributed by atoms with Crippen LogP contribution in [0.4, 0.5) is 44.5 Å². The maximum atomic E-state index is 12.2. The van der Waals surface area contributed by atoms with Crippen LogP contribution in [0.1, 0.15) is 53.4 Å². The van der Waals surface area contributed by atoms with Gasteiger partial charge in [0, 0.05) is 54.5 Å². The SMILES string of the molecule is CB(O)N(C)CCNc1cc(C)nc(NC(=O)Nc2ccc(C)c(C)c2)n1.CCCCNc1cc(C)nc(NC(=O)Nc2ccc(C)c(C)c2)n1. The Bertz CT molecular complexity index is 1770. The fourth-order valence-corrected chi connectivity index (χ4v) is 4.54. The molecule has 2 aromatic heterocycles. The van der Waals surface area contributed by atoms with Crippen LogP contribution in [0.25, 0.3) is 0 Å².